The average molecular weight is 492 g/mol. The molecule has 0 aromatic carbocycles. The van der Waals surface area contributed by atoms with Crippen molar-refractivity contribution in [1.29, 1.82) is 0 Å². The van der Waals surface area contributed by atoms with E-state index in [0.29, 0.717) is 11.3 Å². The Bertz CT molecular complexity index is 1220. The quantitative estimate of drug-likeness (QED) is 0.499. The molecule has 34 heavy (non-hydrogen) atoms. The summed E-state index contributed by atoms with van der Waals surface area (Å²) < 4.78 is 33.9. The fourth-order valence-corrected chi connectivity index (χ4v) is 3.67. The molecule has 0 saturated heterocycles. The van der Waals surface area contributed by atoms with Crippen molar-refractivity contribution in [1.82, 2.24) is 25.0 Å². The van der Waals surface area contributed by atoms with Gasteiger partial charge in [0.2, 0.25) is 0 Å². The van der Waals surface area contributed by atoms with E-state index in [2.05, 4.69) is 30.9 Å². The zero-order valence-electron chi connectivity index (χ0n) is 18.1. The maximum atomic E-state index is 14.2. The van der Waals surface area contributed by atoms with Gasteiger partial charge in [0.05, 0.1) is 17.6 Å². The summed E-state index contributed by atoms with van der Waals surface area (Å²) in [6, 6.07) is 6.37. The summed E-state index contributed by atoms with van der Waals surface area (Å²) in [5.74, 6) is -0.701. The monoisotopic (exact) mass is 491 g/mol. The Hall–Kier alpha value is -3.67. The number of halogens is 3. The van der Waals surface area contributed by atoms with Crippen molar-refractivity contribution in [3.8, 4) is 11.4 Å². The van der Waals surface area contributed by atoms with E-state index in [0.717, 1.165) is 0 Å². The number of aryl methyl sites for hydroxylation is 1. The number of carbonyl (C=O) groups is 2. The summed E-state index contributed by atoms with van der Waals surface area (Å²) in [6.45, 7) is 1.65. The van der Waals surface area contributed by atoms with Crippen LogP contribution in [0.1, 0.15) is 31.4 Å². The van der Waals surface area contributed by atoms with Crippen LogP contribution >= 0.6 is 11.6 Å². The zero-order valence-corrected chi connectivity index (χ0v) is 18.9. The van der Waals surface area contributed by atoms with E-state index in [-0.39, 0.29) is 22.4 Å². The van der Waals surface area contributed by atoms with Gasteiger partial charge in [-0.15, -0.1) is 5.10 Å². The molecule has 2 N–H and O–H groups in total. The number of hydrogen-bond donors (Lipinski definition) is 2. The highest BCUT2D eigenvalue weighted by Gasteiger charge is 2.51. The van der Waals surface area contributed by atoms with Gasteiger partial charge in [-0.3, -0.25) is 15.1 Å². The minimum Gasteiger partial charge on any atom is -0.441 e. The Morgan fingerprint density at radius 3 is 2.68 bits per heavy atom. The molecule has 0 radical (unpaired) electrons. The number of rotatable bonds is 6. The molecule has 1 fully saturated rings. The minimum absolute atomic E-state index is 0.213. The van der Waals surface area contributed by atoms with E-state index in [9.17, 15) is 18.4 Å². The molecule has 1 aliphatic rings. The van der Waals surface area contributed by atoms with Crippen LogP contribution in [0.15, 0.2) is 36.7 Å². The second kappa shape index (κ2) is 9.29. The Kier molecular flexibility index (Phi) is 6.42. The van der Waals surface area contributed by atoms with Gasteiger partial charge in [0.15, 0.2) is 17.2 Å². The number of carbonyl (C=O) groups excluding carboxylic acids is 2. The first-order valence-electron chi connectivity index (χ1n) is 10.2. The molecular weight excluding hydrogens is 472 g/mol. The van der Waals surface area contributed by atoms with Gasteiger partial charge in [-0.2, -0.15) is 0 Å². The molecule has 2 amide bonds. The first kappa shape index (κ1) is 23.5. The van der Waals surface area contributed by atoms with Gasteiger partial charge in [-0.1, -0.05) is 22.9 Å². The molecule has 1 atom stereocenters. The van der Waals surface area contributed by atoms with Crippen LogP contribution in [0.2, 0.25) is 5.15 Å². The fraction of sp³-hybridized carbons (Fsp3) is 0.333. The average Bonchev–Trinajstić information content (AvgIpc) is 3.13. The molecule has 3 aromatic heterocycles. The molecule has 0 spiro atoms. The highest BCUT2D eigenvalue weighted by Crippen LogP contribution is 2.39. The standard InChI is InChI=1S/C21H20ClF2N7O3/c1-11(14-4-3-7-25-17(14)22)34-20(33)28-18-16(29-30-31(18)2)15-6-5-13(10-26-15)27-19(32)21(24)8-12(23)9-21/h3-7,10-12H,8-9H2,1-2H3,(H,27,32)(H,28,33)/t11-,12?,21?/m1/s1. The molecule has 0 bridgehead atoms. The van der Waals surface area contributed by atoms with Gasteiger partial charge in [0, 0.05) is 31.6 Å². The molecule has 10 nitrogen and oxygen atoms in total. The van der Waals surface area contributed by atoms with E-state index >= 15 is 0 Å². The molecule has 178 valence electrons. The maximum Gasteiger partial charge on any atom is 0.413 e. The Morgan fingerprint density at radius 2 is 2.03 bits per heavy atom. The van der Waals surface area contributed by atoms with Gasteiger partial charge in [-0.25, -0.2) is 23.2 Å². The number of alkyl halides is 2. The molecule has 3 heterocycles. The first-order valence-corrected chi connectivity index (χ1v) is 10.6. The lowest BCUT2D eigenvalue weighted by atomic mass is 9.79. The number of pyridine rings is 2. The van der Waals surface area contributed by atoms with Crippen molar-refractivity contribution in [3.05, 3.63) is 47.4 Å². The topological polar surface area (TPSA) is 124 Å². The molecule has 1 saturated carbocycles. The lowest BCUT2D eigenvalue weighted by Crippen LogP contribution is -2.50. The Labute approximate surface area is 197 Å². The summed E-state index contributed by atoms with van der Waals surface area (Å²) in [4.78, 5) is 32.7. The summed E-state index contributed by atoms with van der Waals surface area (Å²) in [5.41, 5.74) is -0.871. The Balaban J connectivity index is 1.43. The number of anilines is 2. The second-order valence-electron chi connectivity index (χ2n) is 7.82. The second-order valence-corrected chi connectivity index (χ2v) is 8.18. The number of amides is 2. The van der Waals surface area contributed by atoms with E-state index in [1.807, 2.05) is 0 Å². The van der Waals surface area contributed by atoms with Crippen LogP contribution in [0.4, 0.5) is 25.1 Å². The van der Waals surface area contributed by atoms with Gasteiger partial charge in [0.25, 0.3) is 5.91 Å². The highest BCUT2D eigenvalue weighted by atomic mass is 35.5. The third-order valence-electron chi connectivity index (χ3n) is 5.32. The van der Waals surface area contributed by atoms with Crippen LogP contribution in [-0.2, 0) is 16.6 Å². The fourth-order valence-electron chi connectivity index (χ4n) is 3.40. The van der Waals surface area contributed by atoms with Crippen molar-refractivity contribution in [2.24, 2.45) is 7.05 Å². The van der Waals surface area contributed by atoms with Crippen LogP contribution in [0.25, 0.3) is 11.4 Å². The molecule has 1 aliphatic carbocycles. The van der Waals surface area contributed by atoms with E-state index in [4.69, 9.17) is 16.3 Å². The summed E-state index contributed by atoms with van der Waals surface area (Å²) in [7, 11) is 1.57. The molecule has 0 unspecified atom stereocenters. The number of nitrogens with one attached hydrogen (secondary N) is 2. The van der Waals surface area contributed by atoms with Crippen LogP contribution in [0.3, 0.4) is 0 Å². The smallest absolute Gasteiger partial charge is 0.413 e. The highest BCUT2D eigenvalue weighted by molar-refractivity contribution is 6.30. The van der Waals surface area contributed by atoms with Crippen LogP contribution in [-0.4, -0.2) is 48.8 Å². The number of hydrogen-bond acceptors (Lipinski definition) is 7. The number of aromatic nitrogens is 5. The summed E-state index contributed by atoms with van der Waals surface area (Å²) >= 11 is 6.04. The van der Waals surface area contributed by atoms with E-state index < -0.39 is 42.8 Å². The SMILES string of the molecule is C[C@@H](OC(=O)Nc1c(-c2ccc(NC(=O)C3(F)CC(F)C3)cn2)nnn1C)c1cccnc1Cl. The number of ether oxygens (including phenoxy) is 1. The molecule has 4 rings (SSSR count). The van der Waals surface area contributed by atoms with Gasteiger partial charge >= 0.3 is 6.09 Å². The largest absolute Gasteiger partial charge is 0.441 e. The first-order chi connectivity index (χ1) is 16.2. The van der Waals surface area contributed by atoms with Gasteiger partial charge in [0.1, 0.15) is 17.4 Å². The molecular formula is C21H20ClF2N7O3. The Morgan fingerprint density at radius 1 is 1.26 bits per heavy atom. The predicted octanol–water partition coefficient (Wildman–Crippen LogP) is 4.01. The van der Waals surface area contributed by atoms with E-state index in [1.54, 1.807) is 26.1 Å². The van der Waals surface area contributed by atoms with Crippen molar-refractivity contribution < 1.29 is 23.1 Å². The third kappa shape index (κ3) is 4.81. The zero-order chi connectivity index (χ0) is 24.5. The molecule has 13 heteroatoms. The molecule has 3 aromatic rings. The van der Waals surface area contributed by atoms with Crippen LogP contribution < -0.4 is 10.6 Å². The summed E-state index contributed by atoms with van der Waals surface area (Å²) in [6.07, 6.45) is -0.850. The van der Waals surface area contributed by atoms with Gasteiger partial charge in [-0.05, 0) is 25.1 Å². The maximum absolute atomic E-state index is 14.2. The summed E-state index contributed by atoms with van der Waals surface area (Å²) in [5, 5.41) is 13.1. The predicted molar refractivity (Wildman–Crippen MR) is 119 cm³/mol. The van der Waals surface area contributed by atoms with Crippen LogP contribution in [0, 0.1) is 0 Å². The van der Waals surface area contributed by atoms with Crippen molar-refractivity contribution in [3.63, 3.8) is 0 Å². The van der Waals surface area contributed by atoms with Crippen molar-refractivity contribution >= 4 is 35.1 Å². The molecule has 0 aliphatic heterocycles. The van der Waals surface area contributed by atoms with Crippen molar-refractivity contribution in [2.75, 3.05) is 10.6 Å². The lowest BCUT2D eigenvalue weighted by Gasteiger charge is -2.35. The number of nitrogens with zero attached hydrogens (tertiary/aromatic N) is 5. The minimum atomic E-state index is -2.21. The van der Waals surface area contributed by atoms with Gasteiger partial charge < -0.3 is 10.1 Å². The van der Waals surface area contributed by atoms with Crippen LogP contribution in [0.5, 0.6) is 0 Å². The normalized spacial score (nSPS) is 20.2. The third-order valence-corrected chi connectivity index (χ3v) is 5.63. The lowest BCUT2D eigenvalue weighted by molar-refractivity contribution is -0.137. The van der Waals surface area contributed by atoms with E-state index in [1.165, 1.54) is 29.2 Å². The van der Waals surface area contributed by atoms with Crippen molar-refractivity contribution in [2.45, 2.75) is 37.7 Å².